The molecule has 1 atom stereocenters. The minimum absolute atomic E-state index is 0.643. The number of rotatable bonds is 6. The van der Waals surface area contributed by atoms with E-state index in [0.717, 1.165) is 5.92 Å². The van der Waals surface area contributed by atoms with Crippen molar-refractivity contribution in [1.82, 2.24) is 5.32 Å². The van der Waals surface area contributed by atoms with E-state index in [1.807, 2.05) is 0 Å². The summed E-state index contributed by atoms with van der Waals surface area (Å²) in [5.41, 5.74) is 0.643. The lowest BCUT2D eigenvalue weighted by Crippen LogP contribution is -2.37. The van der Waals surface area contributed by atoms with Crippen LogP contribution in [0.25, 0.3) is 0 Å². The first-order chi connectivity index (χ1) is 6.75. The highest BCUT2D eigenvalue weighted by molar-refractivity contribution is 4.90. The minimum atomic E-state index is 0.643. The van der Waals surface area contributed by atoms with Gasteiger partial charge in [0.15, 0.2) is 0 Å². The largest absolute Gasteiger partial charge is 0.316 e. The van der Waals surface area contributed by atoms with Crippen LogP contribution in [0.15, 0.2) is 0 Å². The topological polar surface area (TPSA) is 12.0 Å². The van der Waals surface area contributed by atoms with Gasteiger partial charge in [0.1, 0.15) is 0 Å². The lowest BCUT2D eigenvalue weighted by atomic mass is 9.73. The van der Waals surface area contributed by atoms with Crippen molar-refractivity contribution in [3.05, 3.63) is 0 Å². The standard InChI is InChI=1S/C13H27N/c1-4-10-14-11-13(12(3)5-2)8-6-7-9-13/h12,14H,4-11H2,1-3H3. The third-order valence-corrected chi connectivity index (χ3v) is 4.16. The second-order valence-electron chi connectivity index (χ2n) is 5.06. The molecule has 1 nitrogen and oxygen atoms in total. The molecule has 0 aromatic rings. The van der Waals surface area contributed by atoms with E-state index in [1.165, 1.54) is 51.6 Å². The Morgan fingerprint density at radius 3 is 2.36 bits per heavy atom. The predicted molar refractivity (Wildman–Crippen MR) is 63.5 cm³/mol. The molecular weight excluding hydrogens is 170 g/mol. The Balaban J connectivity index is 2.44. The zero-order valence-corrected chi connectivity index (χ0v) is 10.2. The van der Waals surface area contributed by atoms with Crippen LogP contribution in [-0.4, -0.2) is 13.1 Å². The summed E-state index contributed by atoms with van der Waals surface area (Å²) in [6, 6.07) is 0. The molecule has 84 valence electrons. The minimum Gasteiger partial charge on any atom is -0.316 e. The van der Waals surface area contributed by atoms with Crippen LogP contribution in [0.5, 0.6) is 0 Å². The van der Waals surface area contributed by atoms with E-state index >= 15 is 0 Å². The molecule has 0 bridgehead atoms. The summed E-state index contributed by atoms with van der Waals surface area (Å²) in [6.45, 7) is 9.48. The van der Waals surface area contributed by atoms with Crippen LogP contribution >= 0.6 is 0 Å². The predicted octanol–water partition coefficient (Wildman–Crippen LogP) is 3.59. The van der Waals surface area contributed by atoms with Crippen LogP contribution in [0.3, 0.4) is 0 Å². The van der Waals surface area contributed by atoms with Gasteiger partial charge in [-0.05, 0) is 37.1 Å². The van der Waals surface area contributed by atoms with Gasteiger partial charge >= 0.3 is 0 Å². The molecule has 0 radical (unpaired) electrons. The fraction of sp³-hybridized carbons (Fsp3) is 1.00. The van der Waals surface area contributed by atoms with Crippen LogP contribution in [0.1, 0.15) is 59.3 Å². The molecule has 1 unspecified atom stereocenters. The normalized spacial score (nSPS) is 22.5. The Hall–Kier alpha value is -0.0400. The van der Waals surface area contributed by atoms with Gasteiger partial charge in [-0.25, -0.2) is 0 Å². The first-order valence-electron chi connectivity index (χ1n) is 6.46. The molecule has 0 aromatic heterocycles. The summed E-state index contributed by atoms with van der Waals surface area (Å²) < 4.78 is 0. The van der Waals surface area contributed by atoms with E-state index in [0.29, 0.717) is 5.41 Å². The van der Waals surface area contributed by atoms with Crippen molar-refractivity contribution in [1.29, 1.82) is 0 Å². The molecule has 1 fully saturated rings. The van der Waals surface area contributed by atoms with Crippen molar-refractivity contribution in [3.63, 3.8) is 0 Å². The van der Waals surface area contributed by atoms with Gasteiger partial charge in [0.2, 0.25) is 0 Å². The van der Waals surface area contributed by atoms with E-state index < -0.39 is 0 Å². The molecule has 0 aromatic carbocycles. The third-order valence-electron chi connectivity index (χ3n) is 4.16. The highest BCUT2D eigenvalue weighted by Crippen LogP contribution is 2.44. The molecule has 0 heterocycles. The lowest BCUT2D eigenvalue weighted by Gasteiger charge is -2.35. The van der Waals surface area contributed by atoms with E-state index in [2.05, 4.69) is 26.1 Å². The van der Waals surface area contributed by atoms with Gasteiger partial charge in [0.25, 0.3) is 0 Å². The maximum Gasteiger partial charge on any atom is 0.00104 e. The van der Waals surface area contributed by atoms with Crippen molar-refractivity contribution in [3.8, 4) is 0 Å². The van der Waals surface area contributed by atoms with Gasteiger partial charge in [0, 0.05) is 6.54 Å². The van der Waals surface area contributed by atoms with Gasteiger partial charge in [-0.2, -0.15) is 0 Å². The van der Waals surface area contributed by atoms with Crippen LogP contribution in [0, 0.1) is 11.3 Å². The Kier molecular flexibility index (Phi) is 4.94. The Labute approximate surface area is 89.7 Å². The molecule has 0 aliphatic heterocycles. The Morgan fingerprint density at radius 2 is 1.86 bits per heavy atom. The summed E-state index contributed by atoms with van der Waals surface area (Å²) in [6.07, 6.45) is 8.43. The van der Waals surface area contributed by atoms with Crippen LogP contribution in [0.2, 0.25) is 0 Å². The van der Waals surface area contributed by atoms with Crippen molar-refractivity contribution >= 4 is 0 Å². The van der Waals surface area contributed by atoms with Gasteiger partial charge in [-0.1, -0.05) is 40.0 Å². The van der Waals surface area contributed by atoms with Crippen molar-refractivity contribution in [2.75, 3.05) is 13.1 Å². The molecular formula is C13H27N. The molecule has 1 aliphatic rings. The zero-order valence-electron chi connectivity index (χ0n) is 10.2. The molecule has 0 amide bonds. The first kappa shape index (κ1) is 12.0. The monoisotopic (exact) mass is 197 g/mol. The van der Waals surface area contributed by atoms with Gasteiger partial charge in [0.05, 0.1) is 0 Å². The molecule has 14 heavy (non-hydrogen) atoms. The molecule has 0 saturated heterocycles. The number of nitrogens with one attached hydrogen (secondary N) is 1. The zero-order chi connectivity index (χ0) is 10.4. The van der Waals surface area contributed by atoms with Crippen molar-refractivity contribution < 1.29 is 0 Å². The van der Waals surface area contributed by atoms with E-state index in [-0.39, 0.29) is 0 Å². The van der Waals surface area contributed by atoms with Crippen LogP contribution < -0.4 is 5.32 Å². The van der Waals surface area contributed by atoms with E-state index in [4.69, 9.17) is 0 Å². The summed E-state index contributed by atoms with van der Waals surface area (Å²) in [4.78, 5) is 0. The van der Waals surface area contributed by atoms with Gasteiger partial charge in [-0.3, -0.25) is 0 Å². The molecule has 1 heteroatoms. The number of hydrogen-bond acceptors (Lipinski definition) is 1. The SMILES string of the molecule is CCCNCC1(C(C)CC)CCCC1. The summed E-state index contributed by atoms with van der Waals surface area (Å²) in [5, 5.41) is 3.63. The maximum atomic E-state index is 3.63. The molecule has 0 spiro atoms. The van der Waals surface area contributed by atoms with Gasteiger partial charge in [-0.15, -0.1) is 0 Å². The highest BCUT2D eigenvalue weighted by Gasteiger charge is 2.37. The highest BCUT2D eigenvalue weighted by atomic mass is 14.9. The maximum absolute atomic E-state index is 3.63. The Bertz CT molecular complexity index is 147. The second-order valence-corrected chi connectivity index (χ2v) is 5.06. The summed E-state index contributed by atoms with van der Waals surface area (Å²) in [7, 11) is 0. The fourth-order valence-corrected chi connectivity index (χ4v) is 2.87. The fourth-order valence-electron chi connectivity index (χ4n) is 2.87. The number of hydrogen-bond donors (Lipinski definition) is 1. The van der Waals surface area contributed by atoms with Crippen LogP contribution in [0.4, 0.5) is 0 Å². The average molecular weight is 197 g/mol. The van der Waals surface area contributed by atoms with Crippen LogP contribution in [-0.2, 0) is 0 Å². The molecule has 1 saturated carbocycles. The average Bonchev–Trinajstić information content (AvgIpc) is 2.67. The molecule has 1 N–H and O–H groups in total. The Morgan fingerprint density at radius 1 is 1.21 bits per heavy atom. The van der Waals surface area contributed by atoms with Crippen molar-refractivity contribution in [2.45, 2.75) is 59.3 Å². The molecule has 1 aliphatic carbocycles. The quantitative estimate of drug-likeness (QED) is 0.642. The van der Waals surface area contributed by atoms with Crippen molar-refractivity contribution in [2.24, 2.45) is 11.3 Å². The van der Waals surface area contributed by atoms with E-state index in [1.54, 1.807) is 0 Å². The summed E-state index contributed by atoms with van der Waals surface area (Å²) >= 11 is 0. The lowest BCUT2D eigenvalue weighted by molar-refractivity contribution is 0.170. The summed E-state index contributed by atoms with van der Waals surface area (Å²) in [5.74, 6) is 0.898. The van der Waals surface area contributed by atoms with E-state index in [9.17, 15) is 0 Å². The first-order valence-corrected chi connectivity index (χ1v) is 6.46. The second kappa shape index (κ2) is 5.75. The smallest absolute Gasteiger partial charge is 0.00104 e. The third kappa shape index (κ3) is 2.73. The molecule has 1 rings (SSSR count). The van der Waals surface area contributed by atoms with Gasteiger partial charge < -0.3 is 5.32 Å².